The third-order valence-electron chi connectivity index (χ3n) is 4.58. The Morgan fingerprint density at radius 2 is 1.56 bits per heavy atom. The van der Waals surface area contributed by atoms with Gasteiger partial charge in [0.2, 0.25) is 5.75 Å². The number of benzene rings is 2. The van der Waals surface area contributed by atoms with Crippen LogP contribution < -0.4 is 19.1 Å². The second-order valence-corrected chi connectivity index (χ2v) is 8.42. The van der Waals surface area contributed by atoms with Gasteiger partial charge in [-0.2, -0.15) is 0 Å². The van der Waals surface area contributed by atoms with Gasteiger partial charge in [-0.25, -0.2) is 4.98 Å². The molecule has 0 saturated heterocycles. The third kappa shape index (κ3) is 5.42. The van der Waals surface area contributed by atoms with Crippen LogP contribution in [0.1, 0.15) is 38.1 Å². The zero-order chi connectivity index (χ0) is 23.1. The van der Waals surface area contributed by atoms with Crippen LogP contribution in [0.2, 0.25) is 0 Å². The molecule has 0 spiro atoms. The Labute approximate surface area is 201 Å². The number of ether oxygens (including phenoxy) is 3. The molecule has 0 bridgehead atoms. The first-order chi connectivity index (χ1) is 15.5. The summed E-state index contributed by atoms with van der Waals surface area (Å²) in [4.78, 5) is 19.9. The first kappa shape index (κ1) is 24.1. The summed E-state index contributed by atoms with van der Waals surface area (Å²) in [6.07, 6.45) is 0. The second kappa shape index (κ2) is 11.3. The Bertz CT molecular complexity index is 1030. The fourth-order valence-electron chi connectivity index (χ4n) is 3.18. The summed E-state index contributed by atoms with van der Waals surface area (Å²) < 4.78 is 18.3. The lowest BCUT2D eigenvalue weighted by atomic mass is 10.1. The van der Waals surface area contributed by atoms with Crippen molar-refractivity contribution in [2.45, 2.75) is 27.7 Å². The van der Waals surface area contributed by atoms with E-state index in [9.17, 15) is 4.79 Å². The predicted octanol–water partition coefficient (Wildman–Crippen LogP) is 6.44. The molecule has 0 aliphatic rings. The number of rotatable bonds is 10. The van der Waals surface area contributed by atoms with Crippen molar-refractivity contribution in [1.29, 1.82) is 0 Å². The van der Waals surface area contributed by atoms with Gasteiger partial charge in [0.15, 0.2) is 16.6 Å². The fraction of sp³-hybridized carbons (Fsp3) is 0.333. The van der Waals surface area contributed by atoms with Crippen LogP contribution in [0.25, 0.3) is 11.3 Å². The van der Waals surface area contributed by atoms with Gasteiger partial charge in [0.1, 0.15) is 0 Å². The minimum atomic E-state index is -0.172. The van der Waals surface area contributed by atoms with Gasteiger partial charge in [0, 0.05) is 27.5 Å². The zero-order valence-electron chi connectivity index (χ0n) is 18.7. The molecule has 170 valence electrons. The molecule has 1 heterocycles. The lowest BCUT2D eigenvalue weighted by molar-refractivity contribution is 0.0987. The molecule has 1 amide bonds. The number of hydrogen-bond acceptors (Lipinski definition) is 6. The van der Waals surface area contributed by atoms with Crippen molar-refractivity contribution in [2.75, 3.05) is 31.3 Å². The maximum absolute atomic E-state index is 13.5. The fourth-order valence-corrected chi connectivity index (χ4v) is 4.34. The second-order valence-electron chi connectivity index (χ2n) is 6.67. The number of aromatic nitrogens is 1. The molecule has 0 atom stereocenters. The van der Waals surface area contributed by atoms with Crippen molar-refractivity contribution in [3.05, 3.63) is 51.8 Å². The molecule has 0 unspecified atom stereocenters. The number of carbonyl (C=O) groups is 1. The molecule has 1 aromatic heterocycles. The van der Waals surface area contributed by atoms with E-state index in [1.807, 2.05) is 57.3 Å². The van der Waals surface area contributed by atoms with Crippen LogP contribution in [-0.4, -0.2) is 37.3 Å². The molecule has 32 heavy (non-hydrogen) atoms. The van der Waals surface area contributed by atoms with Crippen LogP contribution in [0.4, 0.5) is 5.13 Å². The normalized spacial score (nSPS) is 10.7. The number of anilines is 1. The largest absolute Gasteiger partial charge is 0.490 e. The minimum absolute atomic E-state index is 0.172. The average molecular weight is 519 g/mol. The summed E-state index contributed by atoms with van der Waals surface area (Å²) in [6.45, 7) is 9.45. The van der Waals surface area contributed by atoms with Crippen molar-refractivity contribution in [3.8, 4) is 28.5 Å². The van der Waals surface area contributed by atoms with Crippen LogP contribution in [0.15, 0.2) is 46.3 Å². The molecule has 0 aliphatic heterocycles. The van der Waals surface area contributed by atoms with Gasteiger partial charge in [-0.1, -0.05) is 28.1 Å². The highest BCUT2D eigenvalue weighted by atomic mass is 79.9. The summed E-state index contributed by atoms with van der Waals surface area (Å²) in [5.41, 5.74) is 2.29. The summed E-state index contributed by atoms with van der Waals surface area (Å²) in [7, 11) is 0. The summed E-state index contributed by atoms with van der Waals surface area (Å²) >= 11 is 4.89. The molecule has 6 nitrogen and oxygen atoms in total. The van der Waals surface area contributed by atoms with Crippen LogP contribution in [-0.2, 0) is 0 Å². The molecule has 3 rings (SSSR count). The molecule has 2 aromatic carbocycles. The van der Waals surface area contributed by atoms with E-state index in [1.54, 1.807) is 17.0 Å². The standard InChI is InChI=1S/C24H27BrN2O4S/c1-5-27(24-26-19(15-32-24)16-9-11-18(25)12-10-16)23(28)17-13-20(29-6-2)22(31-8-4)21(14-17)30-7-3/h9-15H,5-8H2,1-4H3. The Balaban J connectivity index is 1.96. The molecule has 0 saturated carbocycles. The maximum atomic E-state index is 13.5. The van der Waals surface area contributed by atoms with Crippen LogP contribution in [0.3, 0.4) is 0 Å². The quantitative estimate of drug-likeness (QED) is 0.309. The van der Waals surface area contributed by atoms with E-state index in [0.717, 1.165) is 15.7 Å². The van der Waals surface area contributed by atoms with E-state index in [2.05, 4.69) is 15.9 Å². The highest BCUT2D eigenvalue weighted by Crippen LogP contribution is 2.40. The smallest absolute Gasteiger partial charge is 0.260 e. The lowest BCUT2D eigenvalue weighted by Gasteiger charge is -2.21. The highest BCUT2D eigenvalue weighted by molar-refractivity contribution is 9.10. The summed E-state index contributed by atoms with van der Waals surface area (Å²) in [6, 6.07) is 11.4. The SMILES string of the molecule is CCOc1cc(C(=O)N(CC)c2nc(-c3ccc(Br)cc3)cs2)cc(OCC)c1OCC. The van der Waals surface area contributed by atoms with Gasteiger partial charge in [-0.05, 0) is 52.0 Å². The van der Waals surface area contributed by atoms with E-state index < -0.39 is 0 Å². The van der Waals surface area contributed by atoms with Gasteiger partial charge >= 0.3 is 0 Å². The molecule has 0 aliphatic carbocycles. The van der Waals surface area contributed by atoms with Crippen molar-refractivity contribution < 1.29 is 19.0 Å². The molecular weight excluding hydrogens is 492 g/mol. The van der Waals surface area contributed by atoms with E-state index in [4.69, 9.17) is 19.2 Å². The first-order valence-corrected chi connectivity index (χ1v) is 12.3. The molecular formula is C24H27BrN2O4S. The van der Waals surface area contributed by atoms with Crippen molar-refractivity contribution in [3.63, 3.8) is 0 Å². The van der Waals surface area contributed by atoms with Crippen LogP contribution in [0.5, 0.6) is 17.2 Å². The van der Waals surface area contributed by atoms with Crippen LogP contribution >= 0.6 is 27.3 Å². The van der Waals surface area contributed by atoms with Crippen molar-refractivity contribution in [2.24, 2.45) is 0 Å². The minimum Gasteiger partial charge on any atom is -0.490 e. The maximum Gasteiger partial charge on any atom is 0.260 e. The number of hydrogen-bond donors (Lipinski definition) is 0. The lowest BCUT2D eigenvalue weighted by Crippen LogP contribution is -2.30. The number of thiazole rings is 1. The molecule has 0 N–H and O–H groups in total. The monoisotopic (exact) mass is 518 g/mol. The zero-order valence-corrected chi connectivity index (χ0v) is 21.1. The number of carbonyl (C=O) groups excluding carboxylic acids is 1. The molecule has 8 heteroatoms. The van der Waals surface area contributed by atoms with Gasteiger partial charge < -0.3 is 14.2 Å². The van der Waals surface area contributed by atoms with Gasteiger partial charge in [0.25, 0.3) is 5.91 Å². The molecule has 3 aromatic rings. The first-order valence-electron chi connectivity index (χ1n) is 10.6. The third-order valence-corrected chi connectivity index (χ3v) is 5.97. The van der Waals surface area contributed by atoms with E-state index in [0.29, 0.717) is 54.3 Å². The summed E-state index contributed by atoms with van der Waals surface area (Å²) in [5.74, 6) is 1.33. The number of amides is 1. The Kier molecular flexibility index (Phi) is 8.53. The van der Waals surface area contributed by atoms with E-state index in [1.165, 1.54) is 11.3 Å². The van der Waals surface area contributed by atoms with Crippen LogP contribution in [0, 0.1) is 0 Å². The van der Waals surface area contributed by atoms with Crippen molar-refractivity contribution in [1.82, 2.24) is 4.98 Å². The van der Waals surface area contributed by atoms with E-state index >= 15 is 0 Å². The van der Waals surface area contributed by atoms with Gasteiger partial charge in [0.05, 0.1) is 25.5 Å². The van der Waals surface area contributed by atoms with Gasteiger partial charge in [-0.15, -0.1) is 11.3 Å². The molecule has 0 radical (unpaired) electrons. The number of halogens is 1. The topological polar surface area (TPSA) is 60.9 Å². The Morgan fingerprint density at radius 3 is 2.09 bits per heavy atom. The summed E-state index contributed by atoms with van der Waals surface area (Å²) in [5, 5.41) is 2.60. The Morgan fingerprint density at radius 1 is 0.969 bits per heavy atom. The van der Waals surface area contributed by atoms with E-state index in [-0.39, 0.29) is 5.91 Å². The molecule has 0 fully saturated rings. The van der Waals surface area contributed by atoms with Crippen molar-refractivity contribution >= 4 is 38.3 Å². The number of nitrogens with zero attached hydrogens (tertiary/aromatic N) is 2. The van der Waals surface area contributed by atoms with Gasteiger partial charge in [-0.3, -0.25) is 9.69 Å². The predicted molar refractivity (Wildman–Crippen MR) is 133 cm³/mol. The average Bonchev–Trinajstić information content (AvgIpc) is 3.27. The Hall–Kier alpha value is -2.58. The highest BCUT2D eigenvalue weighted by Gasteiger charge is 2.24.